The van der Waals surface area contributed by atoms with Gasteiger partial charge in [0.2, 0.25) is 5.91 Å². The summed E-state index contributed by atoms with van der Waals surface area (Å²) in [5.41, 5.74) is 0.591. The number of anilines is 1. The molecule has 2 aliphatic rings. The maximum atomic E-state index is 12.5. The van der Waals surface area contributed by atoms with Crippen molar-refractivity contribution < 1.29 is 4.79 Å². The highest BCUT2D eigenvalue weighted by atomic mass is 16.2. The molecule has 2 aliphatic heterocycles. The molecule has 138 valence electrons. The molecule has 2 fully saturated rings. The lowest BCUT2D eigenvalue weighted by Crippen LogP contribution is -2.44. The van der Waals surface area contributed by atoms with Gasteiger partial charge in [-0.1, -0.05) is 6.42 Å². The van der Waals surface area contributed by atoms with Crippen LogP contribution in [0.1, 0.15) is 38.5 Å². The number of nitrogens with zero attached hydrogens (tertiary/aromatic N) is 3. The molecule has 25 heavy (non-hydrogen) atoms. The van der Waals surface area contributed by atoms with E-state index in [1.807, 2.05) is 0 Å². The predicted octanol–water partition coefficient (Wildman–Crippen LogP) is 0.979. The SMILES string of the molecule is O=C(NCCCN1CCCCC1)C1CCCN(c2cn[nH]c(=O)c2)C1. The third-order valence-electron chi connectivity index (χ3n) is 5.21. The minimum atomic E-state index is -0.207. The monoisotopic (exact) mass is 347 g/mol. The molecular formula is C18H29N5O2. The zero-order valence-corrected chi connectivity index (χ0v) is 14.9. The van der Waals surface area contributed by atoms with Gasteiger partial charge in [0, 0.05) is 25.7 Å². The van der Waals surface area contributed by atoms with Crippen LogP contribution in [-0.2, 0) is 4.79 Å². The molecule has 7 heteroatoms. The van der Waals surface area contributed by atoms with Crippen molar-refractivity contribution in [2.75, 3.05) is 44.2 Å². The number of rotatable bonds is 6. The van der Waals surface area contributed by atoms with Gasteiger partial charge in [-0.05, 0) is 51.7 Å². The fourth-order valence-corrected chi connectivity index (χ4v) is 3.81. The molecule has 3 heterocycles. The maximum Gasteiger partial charge on any atom is 0.266 e. The van der Waals surface area contributed by atoms with Gasteiger partial charge in [0.1, 0.15) is 0 Å². The molecule has 0 aromatic carbocycles. The first-order valence-electron chi connectivity index (χ1n) is 9.52. The Morgan fingerprint density at radius 2 is 2.08 bits per heavy atom. The summed E-state index contributed by atoms with van der Waals surface area (Å²) in [5.74, 6) is 0.129. The minimum absolute atomic E-state index is 0.0111. The Bertz CT molecular complexity index is 611. The second-order valence-corrected chi connectivity index (χ2v) is 7.14. The highest BCUT2D eigenvalue weighted by molar-refractivity contribution is 5.79. The van der Waals surface area contributed by atoms with Crippen LogP contribution in [0.25, 0.3) is 0 Å². The number of aromatic amines is 1. The van der Waals surface area contributed by atoms with E-state index < -0.39 is 0 Å². The van der Waals surface area contributed by atoms with Crippen LogP contribution in [0.3, 0.4) is 0 Å². The standard InChI is InChI=1S/C18H29N5O2/c24-17-12-16(13-20-21-17)23-11-4-6-15(14-23)18(25)19-7-5-10-22-8-2-1-3-9-22/h12-13,15H,1-11,14H2,(H,19,25)(H,21,24). The second kappa shape index (κ2) is 8.99. The van der Waals surface area contributed by atoms with E-state index in [2.05, 4.69) is 25.3 Å². The summed E-state index contributed by atoms with van der Waals surface area (Å²) in [7, 11) is 0. The first-order chi connectivity index (χ1) is 12.2. The fourth-order valence-electron chi connectivity index (χ4n) is 3.81. The minimum Gasteiger partial charge on any atom is -0.369 e. The van der Waals surface area contributed by atoms with Crippen molar-refractivity contribution in [2.45, 2.75) is 38.5 Å². The summed E-state index contributed by atoms with van der Waals surface area (Å²) >= 11 is 0. The van der Waals surface area contributed by atoms with Crippen LogP contribution < -0.4 is 15.8 Å². The fraction of sp³-hybridized carbons (Fsp3) is 0.722. The lowest BCUT2D eigenvalue weighted by molar-refractivity contribution is -0.125. The summed E-state index contributed by atoms with van der Waals surface area (Å²) in [5, 5.41) is 9.34. The topological polar surface area (TPSA) is 81.3 Å². The predicted molar refractivity (Wildman–Crippen MR) is 97.7 cm³/mol. The number of likely N-dealkylation sites (tertiary alicyclic amines) is 1. The Kier molecular flexibility index (Phi) is 6.44. The van der Waals surface area contributed by atoms with Crippen molar-refractivity contribution in [2.24, 2.45) is 5.92 Å². The average Bonchev–Trinajstić information content (AvgIpc) is 2.66. The Balaban J connectivity index is 1.41. The van der Waals surface area contributed by atoms with Crippen molar-refractivity contribution in [3.63, 3.8) is 0 Å². The van der Waals surface area contributed by atoms with Crippen LogP contribution in [0, 0.1) is 5.92 Å². The third kappa shape index (κ3) is 5.29. The van der Waals surface area contributed by atoms with Gasteiger partial charge in [-0.3, -0.25) is 9.59 Å². The van der Waals surface area contributed by atoms with Crippen molar-refractivity contribution >= 4 is 11.6 Å². The van der Waals surface area contributed by atoms with Gasteiger partial charge in [0.05, 0.1) is 17.8 Å². The number of carbonyl (C=O) groups excluding carboxylic acids is 1. The first-order valence-corrected chi connectivity index (χ1v) is 9.52. The van der Waals surface area contributed by atoms with Crippen LogP contribution in [0.15, 0.2) is 17.1 Å². The van der Waals surface area contributed by atoms with Crippen LogP contribution >= 0.6 is 0 Å². The summed E-state index contributed by atoms with van der Waals surface area (Å²) in [4.78, 5) is 28.5. The molecule has 2 saturated heterocycles. The van der Waals surface area contributed by atoms with Crippen LogP contribution in [0.2, 0.25) is 0 Å². The molecule has 7 nitrogen and oxygen atoms in total. The van der Waals surface area contributed by atoms with Gasteiger partial charge in [0.15, 0.2) is 0 Å². The van der Waals surface area contributed by atoms with Crippen LogP contribution in [0.4, 0.5) is 5.69 Å². The van der Waals surface area contributed by atoms with Gasteiger partial charge in [-0.2, -0.15) is 5.10 Å². The van der Waals surface area contributed by atoms with Crippen molar-refractivity contribution in [3.8, 4) is 0 Å². The normalized spacial score (nSPS) is 21.9. The Morgan fingerprint density at radius 1 is 1.24 bits per heavy atom. The van der Waals surface area contributed by atoms with Gasteiger partial charge in [-0.15, -0.1) is 0 Å². The lowest BCUT2D eigenvalue weighted by atomic mass is 9.97. The molecule has 1 aromatic rings. The van der Waals surface area contributed by atoms with E-state index in [1.54, 1.807) is 12.3 Å². The van der Waals surface area contributed by atoms with Crippen LogP contribution in [0.5, 0.6) is 0 Å². The third-order valence-corrected chi connectivity index (χ3v) is 5.21. The molecule has 1 atom stereocenters. The number of amides is 1. The zero-order valence-electron chi connectivity index (χ0n) is 14.9. The van der Waals surface area contributed by atoms with E-state index >= 15 is 0 Å². The number of H-pyrrole nitrogens is 1. The highest BCUT2D eigenvalue weighted by Crippen LogP contribution is 2.21. The van der Waals surface area contributed by atoms with Gasteiger partial charge >= 0.3 is 0 Å². The van der Waals surface area contributed by atoms with Crippen molar-refractivity contribution in [1.29, 1.82) is 0 Å². The van der Waals surface area contributed by atoms with E-state index in [0.29, 0.717) is 6.54 Å². The first kappa shape index (κ1) is 17.9. The summed E-state index contributed by atoms with van der Waals surface area (Å²) in [6, 6.07) is 1.55. The molecule has 1 amide bonds. The van der Waals surface area contributed by atoms with Crippen molar-refractivity contribution in [3.05, 3.63) is 22.6 Å². The smallest absolute Gasteiger partial charge is 0.266 e. The van der Waals surface area contributed by atoms with E-state index in [0.717, 1.165) is 44.6 Å². The number of hydrogen-bond donors (Lipinski definition) is 2. The average molecular weight is 347 g/mol. The second-order valence-electron chi connectivity index (χ2n) is 7.14. The zero-order chi connectivity index (χ0) is 17.5. The Labute approximate surface area is 148 Å². The molecule has 2 N–H and O–H groups in total. The van der Waals surface area contributed by atoms with Gasteiger partial charge in [-0.25, -0.2) is 5.10 Å². The number of piperidine rings is 2. The molecule has 0 saturated carbocycles. The number of hydrogen-bond acceptors (Lipinski definition) is 5. The largest absolute Gasteiger partial charge is 0.369 e. The molecule has 0 spiro atoms. The molecule has 1 unspecified atom stereocenters. The van der Waals surface area contributed by atoms with Crippen LogP contribution in [-0.4, -0.2) is 60.3 Å². The quantitative estimate of drug-likeness (QED) is 0.750. The van der Waals surface area contributed by atoms with Gasteiger partial charge < -0.3 is 15.1 Å². The van der Waals surface area contributed by atoms with E-state index in [9.17, 15) is 9.59 Å². The Hall–Kier alpha value is -1.89. The number of nitrogens with one attached hydrogen (secondary N) is 2. The number of aromatic nitrogens is 2. The van der Waals surface area contributed by atoms with E-state index in [1.165, 1.54) is 32.4 Å². The van der Waals surface area contributed by atoms with Gasteiger partial charge in [0.25, 0.3) is 5.56 Å². The lowest BCUT2D eigenvalue weighted by Gasteiger charge is -2.33. The summed E-state index contributed by atoms with van der Waals surface area (Å²) in [6.07, 6.45) is 8.50. The van der Waals surface area contributed by atoms with E-state index in [-0.39, 0.29) is 17.4 Å². The maximum absolute atomic E-state index is 12.5. The molecule has 3 rings (SSSR count). The molecular weight excluding hydrogens is 318 g/mol. The summed E-state index contributed by atoms with van der Waals surface area (Å²) < 4.78 is 0. The highest BCUT2D eigenvalue weighted by Gasteiger charge is 2.26. The molecule has 0 bridgehead atoms. The molecule has 0 aliphatic carbocycles. The number of carbonyl (C=O) groups is 1. The summed E-state index contributed by atoms with van der Waals surface area (Å²) in [6.45, 7) is 5.76. The van der Waals surface area contributed by atoms with Crippen molar-refractivity contribution in [1.82, 2.24) is 20.4 Å². The molecule has 1 aromatic heterocycles. The van der Waals surface area contributed by atoms with E-state index in [4.69, 9.17) is 0 Å². The Morgan fingerprint density at radius 3 is 2.88 bits per heavy atom. The molecule has 0 radical (unpaired) electrons.